The van der Waals surface area contributed by atoms with Crippen LogP contribution in [0.5, 0.6) is 23.0 Å². The summed E-state index contributed by atoms with van der Waals surface area (Å²) in [7, 11) is 0. The molecular formula is C36H42O10. The second kappa shape index (κ2) is 20.0. The van der Waals surface area contributed by atoms with E-state index in [2.05, 4.69) is 6.58 Å². The summed E-state index contributed by atoms with van der Waals surface area (Å²) in [5, 5.41) is 0. The van der Waals surface area contributed by atoms with Crippen LogP contribution in [-0.2, 0) is 19.1 Å². The summed E-state index contributed by atoms with van der Waals surface area (Å²) >= 11 is 0. The van der Waals surface area contributed by atoms with Crippen LogP contribution in [0.3, 0.4) is 0 Å². The van der Waals surface area contributed by atoms with E-state index in [1.54, 1.807) is 80.6 Å². The molecule has 0 bridgehead atoms. The lowest BCUT2D eigenvalue weighted by atomic mass is 10.2. The van der Waals surface area contributed by atoms with Crippen molar-refractivity contribution >= 4 is 23.9 Å². The number of hydrogen-bond donors (Lipinski definition) is 0. The van der Waals surface area contributed by atoms with Crippen LogP contribution in [-0.4, -0.2) is 50.3 Å². The van der Waals surface area contributed by atoms with Crippen molar-refractivity contribution in [1.82, 2.24) is 0 Å². The lowest BCUT2D eigenvalue weighted by molar-refractivity contribution is -0.143. The van der Waals surface area contributed by atoms with E-state index in [-0.39, 0.29) is 13.4 Å². The average Bonchev–Trinajstić information content (AvgIpc) is 3.05. The molecule has 0 aromatic heterocycles. The maximum absolute atomic E-state index is 12.7. The molecule has 0 N–H and O–H groups in total. The highest BCUT2D eigenvalue weighted by molar-refractivity contribution is 5.92. The van der Waals surface area contributed by atoms with E-state index in [1.807, 2.05) is 0 Å². The Morgan fingerprint density at radius 3 is 1.63 bits per heavy atom. The highest BCUT2D eigenvalue weighted by Gasteiger charge is 2.14. The molecule has 0 atom stereocenters. The van der Waals surface area contributed by atoms with E-state index < -0.39 is 17.9 Å². The van der Waals surface area contributed by atoms with Crippen LogP contribution in [0.2, 0.25) is 0 Å². The maximum Gasteiger partial charge on any atom is 0.343 e. The number of rotatable bonds is 18. The molecule has 10 nitrogen and oxygen atoms in total. The van der Waals surface area contributed by atoms with E-state index in [0.29, 0.717) is 91.8 Å². The number of hydrogen-bond acceptors (Lipinski definition) is 10. The normalized spacial score (nSPS) is 10.1. The zero-order chi connectivity index (χ0) is 32.4. The summed E-state index contributed by atoms with van der Waals surface area (Å²) in [6, 6.07) is 17.9. The summed E-state index contributed by atoms with van der Waals surface area (Å²) in [5.74, 6) is 0.112. The third-order valence-electron chi connectivity index (χ3n) is 6.32. The van der Waals surface area contributed by atoms with Crippen molar-refractivity contribution in [1.29, 1.82) is 0 Å². The van der Waals surface area contributed by atoms with Gasteiger partial charge in [0, 0.05) is 12.5 Å². The van der Waals surface area contributed by atoms with Gasteiger partial charge in [-0.1, -0.05) is 20.9 Å². The Morgan fingerprint density at radius 2 is 1.13 bits per heavy atom. The summed E-state index contributed by atoms with van der Waals surface area (Å²) in [5.41, 5.74) is 1.31. The van der Waals surface area contributed by atoms with Gasteiger partial charge < -0.3 is 28.4 Å². The molecule has 0 saturated carbocycles. The third-order valence-corrected chi connectivity index (χ3v) is 6.32. The first-order valence-electron chi connectivity index (χ1n) is 14.7. The fraction of sp³-hybridized carbons (Fsp3) is 0.333. The van der Waals surface area contributed by atoms with Gasteiger partial charge in [0.1, 0.15) is 23.0 Å². The van der Waals surface area contributed by atoms with Crippen molar-refractivity contribution in [3.05, 3.63) is 96.1 Å². The second-order valence-corrected chi connectivity index (χ2v) is 9.81. The molecule has 0 fully saturated rings. The van der Waals surface area contributed by atoms with Crippen LogP contribution in [0.1, 0.15) is 72.7 Å². The van der Waals surface area contributed by atoms with Crippen LogP contribution < -0.4 is 18.9 Å². The van der Waals surface area contributed by atoms with Gasteiger partial charge in [-0.3, -0.25) is 4.79 Å². The number of aryl methyl sites for hydroxylation is 1. The lowest BCUT2D eigenvalue weighted by Gasteiger charge is -2.11. The molecule has 0 amide bonds. The molecule has 0 saturated heterocycles. The van der Waals surface area contributed by atoms with Crippen molar-refractivity contribution in [3.8, 4) is 23.0 Å². The van der Waals surface area contributed by atoms with Gasteiger partial charge in [0.25, 0.3) is 0 Å². The van der Waals surface area contributed by atoms with E-state index in [1.165, 1.54) is 0 Å². The monoisotopic (exact) mass is 634 g/mol. The highest BCUT2D eigenvalue weighted by Crippen LogP contribution is 2.26. The van der Waals surface area contributed by atoms with E-state index in [9.17, 15) is 19.2 Å². The highest BCUT2D eigenvalue weighted by atomic mass is 16.5. The topological polar surface area (TPSA) is 124 Å². The lowest BCUT2D eigenvalue weighted by Crippen LogP contribution is -2.11. The van der Waals surface area contributed by atoms with Gasteiger partial charge >= 0.3 is 23.9 Å². The predicted octanol–water partition coefficient (Wildman–Crippen LogP) is 7.07. The molecule has 3 aromatic carbocycles. The number of benzene rings is 3. The largest absolute Gasteiger partial charge is 0.494 e. The van der Waals surface area contributed by atoms with E-state index in [4.69, 9.17) is 28.4 Å². The number of unbranched alkanes of at least 4 members (excludes halogenated alkanes) is 2. The fourth-order valence-electron chi connectivity index (χ4n) is 3.81. The molecule has 3 aromatic rings. The molecular weight excluding hydrogens is 592 g/mol. The fourth-order valence-corrected chi connectivity index (χ4v) is 3.81. The third kappa shape index (κ3) is 12.9. The zero-order valence-electron chi connectivity index (χ0n) is 25.6. The molecule has 0 heterocycles. The van der Waals surface area contributed by atoms with Crippen molar-refractivity contribution < 1.29 is 47.6 Å². The summed E-state index contributed by atoms with van der Waals surface area (Å²) in [6.45, 7) is 8.41. The molecule has 3 rings (SSSR count). The molecule has 246 valence electrons. The van der Waals surface area contributed by atoms with E-state index in [0.717, 1.165) is 12.5 Å². The van der Waals surface area contributed by atoms with Crippen LogP contribution in [0.15, 0.2) is 79.4 Å². The van der Waals surface area contributed by atoms with Gasteiger partial charge in [0.05, 0.1) is 37.6 Å². The van der Waals surface area contributed by atoms with Gasteiger partial charge in [-0.15, -0.1) is 0 Å². The van der Waals surface area contributed by atoms with Gasteiger partial charge in [-0.2, -0.15) is 0 Å². The molecule has 0 aliphatic rings. The summed E-state index contributed by atoms with van der Waals surface area (Å²) in [4.78, 5) is 47.5. The van der Waals surface area contributed by atoms with Crippen molar-refractivity contribution in [3.63, 3.8) is 0 Å². The Hall–Kier alpha value is -5.12. The molecule has 0 radical (unpaired) electrons. The molecule has 0 aliphatic carbocycles. The smallest absolute Gasteiger partial charge is 0.343 e. The first kappa shape index (κ1) is 37.1. The van der Waals surface area contributed by atoms with Crippen LogP contribution in [0.4, 0.5) is 0 Å². The number of esters is 4. The van der Waals surface area contributed by atoms with Gasteiger partial charge in [-0.05, 0) is 105 Å². The zero-order valence-corrected chi connectivity index (χ0v) is 25.6. The number of carbonyl (C=O) groups is 4. The minimum atomic E-state index is -0.544. The van der Waals surface area contributed by atoms with Crippen molar-refractivity contribution in [2.24, 2.45) is 0 Å². The van der Waals surface area contributed by atoms with Gasteiger partial charge in [0.15, 0.2) is 0 Å². The van der Waals surface area contributed by atoms with E-state index >= 15 is 0 Å². The second-order valence-electron chi connectivity index (χ2n) is 9.81. The number of ether oxygens (including phenoxy) is 6. The summed E-state index contributed by atoms with van der Waals surface area (Å²) in [6.07, 6.45) is 4.28. The molecule has 0 spiro atoms. The van der Waals surface area contributed by atoms with Crippen molar-refractivity contribution in [2.45, 2.75) is 53.4 Å². The first-order chi connectivity index (χ1) is 21.8. The van der Waals surface area contributed by atoms with Gasteiger partial charge in [-0.25, -0.2) is 14.4 Å². The minimum absolute atomic E-state index is 0. The molecule has 46 heavy (non-hydrogen) atoms. The Morgan fingerprint density at radius 1 is 0.652 bits per heavy atom. The molecule has 0 aliphatic heterocycles. The Bertz CT molecular complexity index is 1430. The first-order valence-corrected chi connectivity index (χ1v) is 14.7. The Balaban J connectivity index is 0.00000736. The summed E-state index contributed by atoms with van der Waals surface area (Å²) < 4.78 is 32.3. The van der Waals surface area contributed by atoms with Crippen LogP contribution in [0.25, 0.3) is 0 Å². The molecule has 0 unspecified atom stereocenters. The SMILES string of the molecule is C.C=CC(=O)OCCCCOc1ccc(C(=O)Oc2ccc(OC(=O)c3ccc(OCCCCOC(=O)CC)cc3)c(C)c2)cc1. The molecule has 10 heteroatoms. The van der Waals surface area contributed by atoms with Crippen LogP contribution in [0, 0.1) is 6.92 Å². The van der Waals surface area contributed by atoms with Crippen LogP contribution >= 0.6 is 0 Å². The van der Waals surface area contributed by atoms with Gasteiger partial charge in [0.2, 0.25) is 0 Å². The Labute approximate surface area is 270 Å². The Kier molecular flexibility index (Phi) is 16.1. The number of carbonyl (C=O) groups excluding carboxylic acids is 4. The maximum atomic E-state index is 12.7. The minimum Gasteiger partial charge on any atom is -0.494 e. The standard InChI is InChI=1S/C35H38O10.CH4/c1-4-32(36)42-22-8-6-20-40-28-14-10-26(11-15-28)34(38)44-30-18-19-31(25(3)24-30)45-35(39)27-12-16-29(17-13-27)41-21-7-9-23-43-33(37)5-2;/h4,10-19,24H,1,5-9,20-23H2,2-3H3;1H4. The quantitative estimate of drug-likeness (QED) is 0.0621. The van der Waals surface area contributed by atoms with Crippen molar-refractivity contribution in [2.75, 3.05) is 26.4 Å². The predicted molar refractivity (Wildman–Crippen MR) is 173 cm³/mol. The average molecular weight is 635 g/mol.